The average molecular weight is 490 g/mol. The largest absolute Gasteiger partial charge is 0.478 e. The fourth-order valence-corrected chi connectivity index (χ4v) is 3.96. The molecule has 13 heteroatoms. The van der Waals surface area contributed by atoms with Crippen molar-refractivity contribution in [1.29, 1.82) is 0 Å². The number of nitro benzene ring substituents is 2. The van der Waals surface area contributed by atoms with E-state index in [4.69, 9.17) is 4.74 Å². The first-order valence-corrected chi connectivity index (χ1v) is 10.6. The number of carbonyl (C=O) groups excluding carboxylic acids is 1. The van der Waals surface area contributed by atoms with Crippen molar-refractivity contribution < 1.29 is 33.7 Å². The second-order valence-corrected chi connectivity index (χ2v) is 8.25. The molecule has 0 spiro atoms. The molecule has 0 saturated carbocycles. The van der Waals surface area contributed by atoms with Crippen molar-refractivity contribution in [2.24, 2.45) is 0 Å². The molecule has 35 heavy (non-hydrogen) atoms. The third-order valence-electron chi connectivity index (χ3n) is 5.77. The molecule has 186 valence electrons. The van der Waals surface area contributed by atoms with Gasteiger partial charge in [-0.05, 0) is 31.5 Å². The first-order chi connectivity index (χ1) is 16.5. The van der Waals surface area contributed by atoms with E-state index in [1.807, 2.05) is 13.8 Å². The fraction of sp³-hybridized carbons (Fsp3) is 0.364. The van der Waals surface area contributed by atoms with E-state index in [0.29, 0.717) is 31.8 Å². The SMILES string of the molecule is CC1CN(C(=O)COc2c(C(=O)O)cc([N+](=O)[O-])cc2[N+](=O)[O-])C(C)CN1Cc1ccc(F)cc1. The summed E-state index contributed by atoms with van der Waals surface area (Å²) in [5.41, 5.74) is -1.58. The van der Waals surface area contributed by atoms with Gasteiger partial charge in [0.1, 0.15) is 11.4 Å². The van der Waals surface area contributed by atoms with Gasteiger partial charge in [-0.3, -0.25) is 29.9 Å². The maximum absolute atomic E-state index is 13.2. The van der Waals surface area contributed by atoms with Crippen molar-refractivity contribution >= 4 is 23.3 Å². The molecule has 3 rings (SSSR count). The van der Waals surface area contributed by atoms with Gasteiger partial charge in [-0.25, -0.2) is 9.18 Å². The molecule has 0 bridgehead atoms. The summed E-state index contributed by atoms with van der Waals surface area (Å²) in [4.78, 5) is 48.6. The number of nitrogens with zero attached hydrogens (tertiary/aromatic N) is 4. The molecule has 1 saturated heterocycles. The summed E-state index contributed by atoms with van der Waals surface area (Å²) in [6.45, 7) is 4.43. The van der Waals surface area contributed by atoms with Crippen LogP contribution in [0, 0.1) is 26.0 Å². The van der Waals surface area contributed by atoms with Crippen molar-refractivity contribution in [2.45, 2.75) is 32.5 Å². The van der Waals surface area contributed by atoms with Crippen LogP contribution >= 0.6 is 0 Å². The Morgan fingerprint density at radius 3 is 2.31 bits per heavy atom. The quantitative estimate of drug-likeness (QED) is 0.434. The van der Waals surface area contributed by atoms with E-state index in [2.05, 4.69) is 4.90 Å². The van der Waals surface area contributed by atoms with Crippen LogP contribution in [-0.2, 0) is 11.3 Å². The predicted octanol–water partition coefficient (Wildman–Crippen LogP) is 2.84. The molecule has 2 aromatic carbocycles. The minimum absolute atomic E-state index is 0.0662. The number of ether oxygens (including phenoxy) is 1. The lowest BCUT2D eigenvalue weighted by Crippen LogP contribution is -2.58. The summed E-state index contributed by atoms with van der Waals surface area (Å²) in [5, 5.41) is 31.8. The molecule has 1 aliphatic heterocycles. The molecular weight excluding hydrogens is 467 g/mol. The van der Waals surface area contributed by atoms with Crippen LogP contribution in [0.25, 0.3) is 0 Å². The Kier molecular flexibility index (Phi) is 7.59. The topological polar surface area (TPSA) is 156 Å². The van der Waals surface area contributed by atoms with E-state index in [1.54, 1.807) is 12.1 Å². The zero-order valence-corrected chi connectivity index (χ0v) is 18.9. The second kappa shape index (κ2) is 10.4. The molecule has 0 radical (unpaired) electrons. The molecule has 1 N–H and O–H groups in total. The van der Waals surface area contributed by atoms with Crippen LogP contribution in [0.15, 0.2) is 36.4 Å². The highest BCUT2D eigenvalue weighted by atomic mass is 19.1. The van der Waals surface area contributed by atoms with Crippen LogP contribution in [0.5, 0.6) is 5.75 Å². The van der Waals surface area contributed by atoms with Gasteiger partial charge in [0.25, 0.3) is 11.6 Å². The number of carboxylic acids is 1. The monoisotopic (exact) mass is 490 g/mol. The Morgan fingerprint density at radius 1 is 1.09 bits per heavy atom. The number of benzene rings is 2. The Bertz CT molecular complexity index is 1120. The van der Waals surface area contributed by atoms with Crippen LogP contribution in [0.2, 0.25) is 0 Å². The van der Waals surface area contributed by atoms with Crippen molar-refractivity contribution in [3.8, 4) is 5.75 Å². The highest BCUT2D eigenvalue weighted by Gasteiger charge is 2.34. The van der Waals surface area contributed by atoms with Crippen molar-refractivity contribution in [2.75, 3.05) is 19.7 Å². The zero-order chi connectivity index (χ0) is 25.9. The van der Waals surface area contributed by atoms with Gasteiger partial charge in [0.15, 0.2) is 6.61 Å². The number of carbonyl (C=O) groups is 2. The Hall–Kier alpha value is -4.13. The average Bonchev–Trinajstić information content (AvgIpc) is 2.80. The highest BCUT2D eigenvalue weighted by Crippen LogP contribution is 2.35. The minimum Gasteiger partial charge on any atom is -0.478 e. The van der Waals surface area contributed by atoms with Crippen molar-refractivity contribution in [3.63, 3.8) is 0 Å². The highest BCUT2D eigenvalue weighted by molar-refractivity contribution is 5.94. The van der Waals surface area contributed by atoms with Gasteiger partial charge >= 0.3 is 11.7 Å². The third-order valence-corrected chi connectivity index (χ3v) is 5.77. The summed E-state index contributed by atoms with van der Waals surface area (Å²) in [7, 11) is 0. The molecule has 1 heterocycles. The molecule has 1 fully saturated rings. The third kappa shape index (κ3) is 5.87. The van der Waals surface area contributed by atoms with Crippen LogP contribution in [0.4, 0.5) is 15.8 Å². The lowest BCUT2D eigenvalue weighted by Gasteiger charge is -2.44. The van der Waals surface area contributed by atoms with Gasteiger partial charge in [0, 0.05) is 37.8 Å². The number of hydrogen-bond donors (Lipinski definition) is 1. The summed E-state index contributed by atoms with van der Waals surface area (Å²) in [5.74, 6) is -3.24. The number of amides is 1. The lowest BCUT2D eigenvalue weighted by molar-refractivity contribution is -0.394. The van der Waals surface area contributed by atoms with E-state index in [0.717, 1.165) is 5.56 Å². The molecule has 0 aromatic heterocycles. The molecule has 1 amide bonds. The van der Waals surface area contributed by atoms with Gasteiger partial charge in [-0.15, -0.1) is 0 Å². The van der Waals surface area contributed by atoms with Crippen LogP contribution < -0.4 is 4.74 Å². The molecule has 2 aromatic rings. The number of rotatable bonds is 8. The Labute approximate surface area is 198 Å². The van der Waals surface area contributed by atoms with E-state index < -0.39 is 51.0 Å². The number of halogens is 1. The van der Waals surface area contributed by atoms with Gasteiger partial charge in [-0.2, -0.15) is 0 Å². The van der Waals surface area contributed by atoms with Gasteiger partial charge < -0.3 is 14.7 Å². The van der Waals surface area contributed by atoms with Gasteiger partial charge in [-0.1, -0.05) is 12.1 Å². The summed E-state index contributed by atoms with van der Waals surface area (Å²) < 4.78 is 18.4. The van der Waals surface area contributed by atoms with Crippen LogP contribution in [0.3, 0.4) is 0 Å². The van der Waals surface area contributed by atoms with Crippen LogP contribution in [0.1, 0.15) is 29.8 Å². The lowest BCUT2D eigenvalue weighted by atomic mass is 10.1. The molecular formula is C22H23FN4O8. The smallest absolute Gasteiger partial charge is 0.340 e. The molecule has 0 aliphatic carbocycles. The van der Waals surface area contributed by atoms with Crippen LogP contribution in [-0.4, -0.2) is 68.4 Å². The second-order valence-electron chi connectivity index (χ2n) is 8.25. The van der Waals surface area contributed by atoms with E-state index in [9.17, 15) is 39.3 Å². The first kappa shape index (κ1) is 25.5. The maximum Gasteiger partial charge on any atom is 0.340 e. The number of hydrogen-bond acceptors (Lipinski definition) is 8. The summed E-state index contributed by atoms with van der Waals surface area (Å²) in [6, 6.07) is 7.05. The number of aromatic carboxylic acids is 1. The normalized spacial score (nSPS) is 18.2. The molecule has 12 nitrogen and oxygen atoms in total. The Morgan fingerprint density at radius 2 is 1.74 bits per heavy atom. The first-order valence-electron chi connectivity index (χ1n) is 10.6. The zero-order valence-electron chi connectivity index (χ0n) is 18.9. The van der Waals surface area contributed by atoms with Gasteiger partial charge in [0.2, 0.25) is 5.75 Å². The number of piperazine rings is 1. The molecule has 2 unspecified atom stereocenters. The summed E-state index contributed by atoms with van der Waals surface area (Å²) in [6.07, 6.45) is 0. The standard InChI is InChI=1S/C22H23FN4O8/c1-13-10-25(14(2)9-24(13)11-15-3-5-16(23)6-4-15)20(28)12-35-21-18(22(29)30)7-17(26(31)32)8-19(21)27(33)34/h3-8,13-14H,9-12H2,1-2H3,(H,29,30). The predicted molar refractivity (Wildman–Crippen MR) is 120 cm³/mol. The number of non-ortho nitro benzene ring substituents is 1. The molecule has 1 aliphatic rings. The Balaban J connectivity index is 1.73. The fourth-order valence-electron chi connectivity index (χ4n) is 3.96. The van der Waals surface area contributed by atoms with Gasteiger partial charge in [0.05, 0.1) is 15.9 Å². The maximum atomic E-state index is 13.2. The van der Waals surface area contributed by atoms with E-state index in [1.165, 1.54) is 17.0 Å². The number of nitro groups is 2. The van der Waals surface area contributed by atoms with Crippen molar-refractivity contribution in [3.05, 3.63) is 73.6 Å². The van der Waals surface area contributed by atoms with E-state index >= 15 is 0 Å². The van der Waals surface area contributed by atoms with Crippen molar-refractivity contribution in [1.82, 2.24) is 9.80 Å². The molecule has 2 atom stereocenters. The number of carboxylic acid groups (broad SMARTS) is 1. The van der Waals surface area contributed by atoms with E-state index in [-0.39, 0.29) is 17.9 Å². The summed E-state index contributed by atoms with van der Waals surface area (Å²) >= 11 is 0. The minimum atomic E-state index is -1.67.